The van der Waals surface area contributed by atoms with Gasteiger partial charge in [0.1, 0.15) is 17.7 Å². The summed E-state index contributed by atoms with van der Waals surface area (Å²) in [6, 6.07) is 5.93. The molecule has 2 aromatic rings. The Kier molecular flexibility index (Phi) is 4.70. The van der Waals surface area contributed by atoms with Gasteiger partial charge in [0.05, 0.1) is 17.1 Å². The Balaban J connectivity index is 1.65. The maximum absolute atomic E-state index is 8.89. The molecule has 3 heterocycles. The molecule has 0 bridgehead atoms. The van der Waals surface area contributed by atoms with Crippen molar-refractivity contribution < 1.29 is 0 Å². The minimum atomic E-state index is 0.396. The van der Waals surface area contributed by atoms with E-state index in [1.807, 2.05) is 6.07 Å². The number of likely N-dealkylation sites (N-methyl/N-ethyl adjacent to an activating group) is 1. The second-order valence-electron chi connectivity index (χ2n) is 5.61. The van der Waals surface area contributed by atoms with E-state index in [2.05, 4.69) is 37.9 Å². The molecule has 1 aliphatic rings. The smallest absolute Gasteiger partial charge is 0.147 e. The van der Waals surface area contributed by atoms with Gasteiger partial charge in [-0.05, 0) is 25.6 Å². The normalized spacial score (nSPS) is 17.5. The molecule has 0 N–H and O–H groups in total. The fraction of sp³-hybridized carbons (Fsp3) is 0.375. The van der Waals surface area contributed by atoms with E-state index in [1.54, 1.807) is 24.7 Å². The standard InChI is InChI=1S/C16H17ClN6/c1-22(11-15-19-4-2-5-20-15)13-3-6-23(10-13)16-14(17)7-12(8-18)9-21-16/h2,4-5,7,9,13H,3,6,10-11H2,1H3/t13-/m0/s1. The first kappa shape index (κ1) is 15.7. The van der Waals surface area contributed by atoms with E-state index in [1.165, 1.54) is 0 Å². The van der Waals surface area contributed by atoms with E-state index in [4.69, 9.17) is 16.9 Å². The minimum absolute atomic E-state index is 0.396. The predicted molar refractivity (Wildman–Crippen MR) is 88.1 cm³/mol. The number of anilines is 1. The van der Waals surface area contributed by atoms with Crippen molar-refractivity contribution in [3.05, 3.63) is 47.1 Å². The average molecular weight is 329 g/mol. The second-order valence-corrected chi connectivity index (χ2v) is 6.02. The predicted octanol–water partition coefficient (Wildman–Crippen LogP) is 2.11. The highest BCUT2D eigenvalue weighted by molar-refractivity contribution is 6.33. The van der Waals surface area contributed by atoms with Crippen molar-refractivity contribution >= 4 is 17.4 Å². The van der Waals surface area contributed by atoms with Crippen LogP contribution in [-0.4, -0.2) is 46.0 Å². The molecule has 0 unspecified atom stereocenters. The molecule has 0 radical (unpaired) electrons. The van der Waals surface area contributed by atoms with E-state index < -0.39 is 0 Å². The Morgan fingerprint density at radius 3 is 2.87 bits per heavy atom. The van der Waals surface area contributed by atoms with E-state index in [0.717, 1.165) is 31.2 Å². The molecule has 0 aromatic carbocycles. The van der Waals surface area contributed by atoms with Crippen LogP contribution in [0.2, 0.25) is 5.02 Å². The molecule has 3 rings (SSSR count). The third kappa shape index (κ3) is 3.58. The summed E-state index contributed by atoms with van der Waals surface area (Å²) in [6.45, 7) is 2.46. The van der Waals surface area contributed by atoms with Crippen LogP contribution in [-0.2, 0) is 6.54 Å². The van der Waals surface area contributed by atoms with E-state index in [9.17, 15) is 0 Å². The number of hydrogen-bond acceptors (Lipinski definition) is 6. The molecule has 0 saturated carbocycles. The molecule has 1 atom stereocenters. The Labute approximate surface area is 140 Å². The van der Waals surface area contributed by atoms with Crippen LogP contribution in [0.3, 0.4) is 0 Å². The Morgan fingerprint density at radius 1 is 1.39 bits per heavy atom. The van der Waals surface area contributed by atoms with Gasteiger partial charge in [0, 0.05) is 37.7 Å². The average Bonchev–Trinajstić information content (AvgIpc) is 3.05. The number of rotatable bonds is 4. The van der Waals surface area contributed by atoms with Gasteiger partial charge in [-0.2, -0.15) is 5.26 Å². The van der Waals surface area contributed by atoms with Gasteiger partial charge in [-0.15, -0.1) is 0 Å². The summed E-state index contributed by atoms with van der Waals surface area (Å²) in [6.07, 6.45) is 6.12. The maximum Gasteiger partial charge on any atom is 0.147 e. The molecule has 118 valence electrons. The van der Waals surface area contributed by atoms with Crippen molar-refractivity contribution in [1.82, 2.24) is 19.9 Å². The van der Waals surface area contributed by atoms with Crippen LogP contribution in [0.1, 0.15) is 17.8 Å². The first-order chi connectivity index (χ1) is 11.2. The number of aromatic nitrogens is 3. The molecule has 2 aromatic heterocycles. The van der Waals surface area contributed by atoms with Crippen molar-refractivity contribution in [2.75, 3.05) is 25.0 Å². The highest BCUT2D eigenvalue weighted by Crippen LogP contribution is 2.28. The molecular formula is C16H17ClN6. The summed E-state index contributed by atoms with van der Waals surface area (Å²) in [5.74, 6) is 1.57. The van der Waals surface area contributed by atoms with E-state index in [-0.39, 0.29) is 0 Å². The Morgan fingerprint density at radius 2 is 2.17 bits per heavy atom. The third-order valence-electron chi connectivity index (χ3n) is 4.05. The molecule has 6 nitrogen and oxygen atoms in total. The summed E-state index contributed by atoms with van der Waals surface area (Å²) >= 11 is 6.26. The molecule has 0 spiro atoms. The quantitative estimate of drug-likeness (QED) is 0.856. The monoisotopic (exact) mass is 328 g/mol. The first-order valence-electron chi connectivity index (χ1n) is 7.44. The molecule has 7 heteroatoms. The first-order valence-corrected chi connectivity index (χ1v) is 7.82. The lowest BCUT2D eigenvalue weighted by atomic mass is 10.2. The fourth-order valence-corrected chi connectivity index (χ4v) is 3.07. The van der Waals surface area contributed by atoms with Crippen molar-refractivity contribution in [1.29, 1.82) is 5.26 Å². The van der Waals surface area contributed by atoms with Gasteiger partial charge in [-0.1, -0.05) is 11.6 Å². The van der Waals surface area contributed by atoms with Gasteiger partial charge >= 0.3 is 0 Å². The molecule has 0 aliphatic carbocycles. The molecule has 23 heavy (non-hydrogen) atoms. The minimum Gasteiger partial charge on any atom is -0.354 e. The Bertz CT molecular complexity index is 714. The van der Waals surface area contributed by atoms with Gasteiger partial charge in [0.25, 0.3) is 0 Å². The summed E-state index contributed by atoms with van der Waals surface area (Å²) < 4.78 is 0. The molecule has 0 amide bonds. The van der Waals surface area contributed by atoms with Crippen molar-refractivity contribution in [3.8, 4) is 6.07 Å². The van der Waals surface area contributed by atoms with Crippen LogP contribution in [0.25, 0.3) is 0 Å². The number of pyridine rings is 1. The second kappa shape index (κ2) is 6.90. The lowest BCUT2D eigenvalue weighted by molar-refractivity contribution is 0.244. The van der Waals surface area contributed by atoms with Crippen molar-refractivity contribution in [2.24, 2.45) is 0 Å². The lowest BCUT2D eigenvalue weighted by Gasteiger charge is -2.24. The number of nitrogens with zero attached hydrogens (tertiary/aromatic N) is 6. The Hall–Kier alpha value is -2.23. The van der Waals surface area contributed by atoms with E-state index >= 15 is 0 Å². The topological polar surface area (TPSA) is 68.9 Å². The molecular weight excluding hydrogens is 312 g/mol. The number of nitriles is 1. The van der Waals surface area contributed by atoms with Crippen LogP contribution in [0.5, 0.6) is 0 Å². The van der Waals surface area contributed by atoms with Gasteiger partial charge in [-0.25, -0.2) is 15.0 Å². The fourth-order valence-electron chi connectivity index (χ4n) is 2.78. The zero-order chi connectivity index (χ0) is 16.2. The van der Waals surface area contributed by atoms with Gasteiger partial charge < -0.3 is 4.90 Å². The van der Waals surface area contributed by atoms with Crippen LogP contribution in [0.4, 0.5) is 5.82 Å². The van der Waals surface area contributed by atoms with Crippen molar-refractivity contribution in [3.63, 3.8) is 0 Å². The number of halogens is 1. The van der Waals surface area contributed by atoms with Crippen molar-refractivity contribution in [2.45, 2.75) is 19.0 Å². The highest BCUT2D eigenvalue weighted by atomic mass is 35.5. The third-order valence-corrected chi connectivity index (χ3v) is 4.33. The molecule has 1 fully saturated rings. The summed E-state index contributed by atoms with van der Waals surface area (Å²) in [5.41, 5.74) is 0.479. The SMILES string of the molecule is CN(Cc1ncccn1)[C@H]1CCN(c2ncc(C#N)cc2Cl)C1. The lowest BCUT2D eigenvalue weighted by Crippen LogP contribution is -2.34. The van der Waals surface area contributed by atoms with Crippen LogP contribution < -0.4 is 4.90 Å². The zero-order valence-electron chi connectivity index (χ0n) is 12.9. The summed E-state index contributed by atoms with van der Waals surface area (Å²) in [7, 11) is 2.08. The highest BCUT2D eigenvalue weighted by Gasteiger charge is 2.28. The summed E-state index contributed by atoms with van der Waals surface area (Å²) in [4.78, 5) is 17.3. The molecule has 1 saturated heterocycles. The van der Waals surface area contributed by atoms with Gasteiger partial charge in [0.15, 0.2) is 0 Å². The molecule has 1 aliphatic heterocycles. The maximum atomic E-state index is 8.89. The van der Waals surface area contributed by atoms with Crippen LogP contribution >= 0.6 is 11.6 Å². The van der Waals surface area contributed by atoms with Gasteiger partial charge in [0.2, 0.25) is 0 Å². The van der Waals surface area contributed by atoms with Crippen LogP contribution in [0.15, 0.2) is 30.7 Å². The zero-order valence-corrected chi connectivity index (χ0v) is 13.6. The van der Waals surface area contributed by atoms with Gasteiger partial charge in [-0.3, -0.25) is 4.90 Å². The summed E-state index contributed by atoms with van der Waals surface area (Å²) in [5, 5.41) is 9.42. The number of hydrogen-bond donors (Lipinski definition) is 0. The largest absolute Gasteiger partial charge is 0.354 e. The van der Waals surface area contributed by atoms with Crippen LogP contribution in [0, 0.1) is 11.3 Å². The van der Waals surface area contributed by atoms with E-state index in [0.29, 0.717) is 23.2 Å².